The first kappa shape index (κ1) is 10.8. The fraction of sp³-hybridized carbons (Fsp3) is 0.417. The summed E-state index contributed by atoms with van der Waals surface area (Å²) in [5, 5.41) is 8.83. The Morgan fingerprint density at radius 1 is 1.43 bits per heavy atom. The highest BCUT2D eigenvalue weighted by Gasteiger charge is 2.07. The van der Waals surface area contributed by atoms with Crippen molar-refractivity contribution < 1.29 is 9.90 Å². The van der Waals surface area contributed by atoms with Crippen LogP contribution in [0.15, 0.2) is 18.2 Å². The summed E-state index contributed by atoms with van der Waals surface area (Å²) in [6.45, 7) is 6.28. The molecule has 76 valence electrons. The Morgan fingerprint density at radius 2 is 2.07 bits per heavy atom. The number of aryl methyl sites for hydroxylation is 1. The van der Waals surface area contributed by atoms with Gasteiger partial charge in [-0.15, -0.1) is 0 Å². The van der Waals surface area contributed by atoms with Gasteiger partial charge in [-0.1, -0.05) is 19.9 Å². The molecule has 0 saturated carbocycles. The minimum atomic E-state index is -0.852. The molecule has 0 aliphatic heterocycles. The molecule has 0 heterocycles. The Labute approximate surface area is 84.6 Å². The summed E-state index contributed by atoms with van der Waals surface area (Å²) in [5.74, 6) is -0.298. The molecule has 14 heavy (non-hydrogen) atoms. The van der Waals surface area contributed by atoms with Gasteiger partial charge < -0.3 is 5.11 Å². The van der Waals surface area contributed by atoms with Crippen molar-refractivity contribution in [3.05, 3.63) is 34.9 Å². The number of carboxylic acid groups (broad SMARTS) is 1. The summed E-state index contributed by atoms with van der Waals surface area (Å²) in [4.78, 5) is 10.8. The summed E-state index contributed by atoms with van der Waals surface area (Å²) < 4.78 is 0. The van der Waals surface area contributed by atoms with Gasteiger partial charge in [-0.3, -0.25) is 0 Å². The van der Waals surface area contributed by atoms with Gasteiger partial charge in [0, 0.05) is 0 Å². The number of carbonyl (C=O) groups is 1. The van der Waals surface area contributed by atoms with Crippen LogP contribution in [0.2, 0.25) is 0 Å². The second kappa shape index (κ2) is 4.27. The number of hydrogen-bond donors (Lipinski definition) is 1. The van der Waals surface area contributed by atoms with Crippen LogP contribution in [0.5, 0.6) is 0 Å². The Morgan fingerprint density at radius 3 is 2.57 bits per heavy atom. The number of aromatic carboxylic acids is 1. The molecule has 1 aromatic carbocycles. The molecule has 1 aromatic rings. The van der Waals surface area contributed by atoms with Crippen molar-refractivity contribution in [1.29, 1.82) is 0 Å². The second-order valence-corrected chi connectivity index (χ2v) is 4.04. The standard InChI is InChI=1S/C12H16O2/c1-8(2)6-11-7-10(12(13)14)5-4-9(11)3/h4-5,7-8H,6H2,1-3H3,(H,13,14). The molecule has 0 aromatic heterocycles. The number of carboxylic acids is 1. The number of hydrogen-bond acceptors (Lipinski definition) is 1. The van der Waals surface area contributed by atoms with E-state index in [2.05, 4.69) is 13.8 Å². The Bertz CT molecular complexity index is 340. The van der Waals surface area contributed by atoms with Crippen LogP contribution < -0.4 is 0 Å². The van der Waals surface area contributed by atoms with E-state index in [1.54, 1.807) is 12.1 Å². The Hall–Kier alpha value is -1.31. The molecular weight excluding hydrogens is 176 g/mol. The molecule has 0 radical (unpaired) electrons. The maximum absolute atomic E-state index is 10.8. The fourth-order valence-electron chi connectivity index (χ4n) is 1.46. The van der Waals surface area contributed by atoms with E-state index < -0.39 is 5.97 Å². The van der Waals surface area contributed by atoms with Crippen molar-refractivity contribution in [1.82, 2.24) is 0 Å². The van der Waals surface area contributed by atoms with Gasteiger partial charge in [-0.25, -0.2) is 4.79 Å². The van der Waals surface area contributed by atoms with Gasteiger partial charge in [0.1, 0.15) is 0 Å². The van der Waals surface area contributed by atoms with Gasteiger partial charge >= 0.3 is 5.97 Å². The third-order valence-electron chi connectivity index (χ3n) is 2.22. The lowest BCUT2D eigenvalue weighted by atomic mass is 9.97. The van der Waals surface area contributed by atoms with Crippen molar-refractivity contribution in [2.75, 3.05) is 0 Å². The molecule has 0 unspecified atom stereocenters. The summed E-state index contributed by atoms with van der Waals surface area (Å²) in [5.41, 5.74) is 2.69. The topological polar surface area (TPSA) is 37.3 Å². The third-order valence-corrected chi connectivity index (χ3v) is 2.22. The summed E-state index contributed by atoms with van der Waals surface area (Å²) in [6, 6.07) is 5.31. The van der Waals surface area contributed by atoms with Crippen LogP contribution in [0, 0.1) is 12.8 Å². The smallest absolute Gasteiger partial charge is 0.335 e. The highest BCUT2D eigenvalue weighted by molar-refractivity contribution is 5.87. The summed E-state index contributed by atoms with van der Waals surface area (Å²) in [7, 11) is 0. The predicted molar refractivity (Wildman–Crippen MR) is 56.7 cm³/mol. The van der Waals surface area contributed by atoms with E-state index in [0.29, 0.717) is 11.5 Å². The minimum absolute atomic E-state index is 0.381. The second-order valence-electron chi connectivity index (χ2n) is 4.04. The van der Waals surface area contributed by atoms with Crippen LogP contribution in [0.1, 0.15) is 35.3 Å². The highest BCUT2D eigenvalue weighted by atomic mass is 16.4. The zero-order valence-electron chi connectivity index (χ0n) is 8.87. The molecule has 2 heteroatoms. The number of benzene rings is 1. The molecule has 0 aliphatic carbocycles. The van der Waals surface area contributed by atoms with E-state index in [1.807, 2.05) is 13.0 Å². The molecule has 0 bridgehead atoms. The lowest BCUT2D eigenvalue weighted by molar-refractivity contribution is 0.0696. The third kappa shape index (κ3) is 2.59. The molecule has 0 fully saturated rings. The SMILES string of the molecule is Cc1ccc(C(=O)O)cc1CC(C)C. The largest absolute Gasteiger partial charge is 0.478 e. The molecule has 2 nitrogen and oxygen atoms in total. The Balaban J connectivity index is 3.02. The zero-order valence-corrected chi connectivity index (χ0v) is 8.87. The van der Waals surface area contributed by atoms with E-state index in [1.165, 1.54) is 5.56 Å². The molecule has 0 spiro atoms. The molecule has 0 atom stereocenters. The lowest BCUT2D eigenvalue weighted by Gasteiger charge is -2.09. The van der Waals surface area contributed by atoms with Crippen molar-refractivity contribution in [3.63, 3.8) is 0 Å². The van der Waals surface area contributed by atoms with Crippen molar-refractivity contribution in [2.45, 2.75) is 27.2 Å². The van der Waals surface area contributed by atoms with Gasteiger partial charge in [-0.2, -0.15) is 0 Å². The van der Waals surface area contributed by atoms with Crippen molar-refractivity contribution in [2.24, 2.45) is 5.92 Å². The van der Waals surface area contributed by atoms with Crippen LogP contribution in [0.4, 0.5) is 0 Å². The van der Waals surface area contributed by atoms with E-state index in [0.717, 1.165) is 12.0 Å². The summed E-state index contributed by atoms with van der Waals surface area (Å²) in [6.07, 6.45) is 0.937. The van der Waals surface area contributed by atoms with Gasteiger partial charge in [0.2, 0.25) is 0 Å². The quantitative estimate of drug-likeness (QED) is 0.799. The van der Waals surface area contributed by atoms with E-state index >= 15 is 0 Å². The van der Waals surface area contributed by atoms with E-state index in [4.69, 9.17) is 5.11 Å². The highest BCUT2D eigenvalue weighted by Crippen LogP contribution is 2.15. The molecule has 1 N–H and O–H groups in total. The van der Waals surface area contributed by atoms with Crippen LogP contribution >= 0.6 is 0 Å². The minimum Gasteiger partial charge on any atom is -0.478 e. The molecular formula is C12H16O2. The van der Waals surface area contributed by atoms with E-state index in [-0.39, 0.29) is 0 Å². The van der Waals surface area contributed by atoms with Gasteiger partial charge in [0.25, 0.3) is 0 Å². The molecule has 0 saturated heterocycles. The van der Waals surface area contributed by atoms with Crippen molar-refractivity contribution >= 4 is 5.97 Å². The maximum Gasteiger partial charge on any atom is 0.335 e. The maximum atomic E-state index is 10.8. The normalized spacial score (nSPS) is 10.6. The lowest BCUT2D eigenvalue weighted by Crippen LogP contribution is -2.02. The van der Waals surface area contributed by atoms with Gasteiger partial charge in [0.15, 0.2) is 0 Å². The predicted octanol–water partition coefficient (Wildman–Crippen LogP) is 2.89. The first-order chi connectivity index (χ1) is 6.50. The average Bonchev–Trinajstić information content (AvgIpc) is 2.07. The summed E-state index contributed by atoms with van der Waals surface area (Å²) >= 11 is 0. The van der Waals surface area contributed by atoms with Crippen molar-refractivity contribution in [3.8, 4) is 0 Å². The number of rotatable bonds is 3. The first-order valence-corrected chi connectivity index (χ1v) is 4.83. The fourth-order valence-corrected chi connectivity index (χ4v) is 1.46. The van der Waals surface area contributed by atoms with Crippen LogP contribution in [0.25, 0.3) is 0 Å². The van der Waals surface area contributed by atoms with Gasteiger partial charge in [0.05, 0.1) is 5.56 Å². The molecule has 0 aliphatic rings. The molecule has 1 rings (SSSR count). The zero-order chi connectivity index (χ0) is 10.7. The molecule has 0 amide bonds. The van der Waals surface area contributed by atoms with Crippen LogP contribution in [0.3, 0.4) is 0 Å². The van der Waals surface area contributed by atoms with Crippen LogP contribution in [-0.2, 0) is 6.42 Å². The monoisotopic (exact) mass is 192 g/mol. The van der Waals surface area contributed by atoms with E-state index in [9.17, 15) is 4.79 Å². The first-order valence-electron chi connectivity index (χ1n) is 4.83. The average molecular weight is 192 g/mol. The Kier molecular flexibility index (Phi) is 3.28. The van der Waals surface area contributed by atoms with Crippen LogP contribution in [-0.4, -0.2) is 11.1 Å². The van der Waals surface area contributed by atoms with Gasteiger partial charge in [-0.05, 0) is 42.5 Å².